The number of nitrogens with zero attached hydrogens (tertiary/aromatic N) is 3. The Hall–Kier alpha value is -0.973. The van der Waals surface area contributed by atoms with Crippen molar-refractivity contribution in [1.82, 2.24) is 4.90 Å². The summed E-state index contributed by atoms with van der Waals surface area (Å²) in [6.45, 7) is 4.67. The van der Waals surface area contributed by atoms with Crippen molar-refractivity contribution in [3.63, 3.8) is 0 Å². The van der Waals surface area contributed by atoms with Gasteiger partial charge in [0.15, 0.2) is 0 Å². The lowest BCUT2D eigenvalue weighted by atomic mass is 10.4. The van der Waals surface area contributed by atoms with Gasteiger partial charge in [-0.1, -0.05) is 0 Å². The molecule has 0 atom stereocenters. The van der Waals surface area contributed by atoms with Gasteiger partial charge >= 0.3 is 0 Å². The van der Waals surface area contributed by atoms with Crippen LogP contribution in [-0.4, -0.2) is 65.6 Å². The van der Waals surface area contributed by atoms with Crippen LogP contribution < -0.4 is 0 Å². The van der Waals surface area contributed by atoms with Crippen molar-refractivity contribution < 1.29 is 9.90 Å². The summed E-state index contributed by atoms with van der Waals surface area (Å²) in [7, 11) is 4.38. The van der Waals surface area contributed by atoms with E-state index in [0.717, 1.165) is 26.1 Å². The first kappa shape index (κ1) is 16.5. The van der Waals surface area contributed by atoms with E-state index in [1.165, 1.54) is 0 Å². The van der Waals surface area contributed by atoms with Crippen molar-refractivity contribution >= 4 is 21.8 Å². The van der Waals surface area contributed by atoms with Gasteiger partial charge in [-0.3, -0.25) is 4.79 Å². The maximum absolute atomic E-state index is 9.06. The molecule has 1 N–H and O–H groups in total. The molecule has 0 radical (unpaired) electrons. The lowest BCUT2D eigenvalue weighted by molar-refractivity contribution is 0.220. The average Bonchev–Trinajstić information content (AvgIpc) is 2.09. The summed E-state index contributed by atoms with van der Waals surface area (Å²) in [6, 6.07) is 2.64. The first-order valence-electron chi connectivity index (χ1n) is 4.93. The molecule has 0 aliphatic rings. The maximum atomic E-state index is 9.06. The van der Waals surface area contributed by atoms with Crippen LogP contribution in [0.5, 0.6) is 0 Å². The van der Waals surface area contributed by atoms with Crippen LogP contribution >= 0.6 is 0 Å². The molecule has 0 bridgehead atoms. The predicted octanol–water partition coefficient (Wildman–Crippen LogP) is 0.162. The molecule has 0 aromatic heterocycles. The minimum Gasteiger partial charge on any atom is -0.486 e. The van der Waals surface area contributed by atoms with Gasteiger partial charge in [0.25, 0.3) is 5.59 Å². The summed E-state index contributed by atoms with van der Waals surface area (Å²) in [4.78, 5) is 19.1. The highest BCUT2D eigenvalue weighted by Gasteiger charge is 1.86. The van der Waals surface area contributed by atoms with Gasteiger partial charge in [-0.05, 0) is 34.0 Å². The van der Waals surface area contributed by atoms with E-state index in [-0.39, 0.29) is 10.2 Å². The van der Waals surface area contributed by atoms with Crippen molar-refractivity contribution in [3.05, 3.63) is 0 Å². The molecule has 5 nitrogen and oxygen atoms in total. The lowest BCUT2D eigenvalue weighted by Crippen LogP contribution is -2.13. The number of aliphatic imine (C=N–C) groups is 2. The zero-order valence-electron chi connectivity index (χ0n) is 10.0. The molecule has 0 aromatic carbocycles. The molecule has 6 heteroatoms. The third kappa shape index (κ3) is 32.1. The van der Waals surface area contributed by atoms with Crippen LogP contribution in [0, 0.1) is 0 Å². The molecular weight excluding hydrogens is 210 g/mol. The number of hydrogen-bond acceptors (Lipinski definition) is 4. The van der Waals surface area contributed by atoms with Gasteiger partial charge < -0.3 is 10.0 Å². The van der Waals surface area contributed by atoms with Crippen molar-refractivity contribution in [1.29, 1.82) is 0 Å². The second kappa shape index (κ2) is 13.0. The summed E-state index contributed by atoms with van der Waals surface area (Å²) < 4.78 is 0. The Morgan fingerprint density at radius 1 is 1.47 bits per heavy atom. The highest BCUT2D eigenvalue weighted by atomic mass is 28.1. The Labute approximate surface area is 94.3 Å². The minimum atomic E-state index is -0.694. The summed E-state index contributed by atoms with van der Waals surface area (Å²) in [5.74, 6) is 0. The first-order chi connectivity index (χ1) is 7.00. The van der Waals surface area contributed by atoms with E-state index in [1.54, 1.807) is 0 Å². The molecule has 0 rings (SSSR count). The standard InChI is InChI=1S/C8H17N3.CH4O2Si/c1-4-9-8-10-6-5-7-11(2)3;2-1(3)4/h4-7H2,1-3H3;4H3,(H,2,3). The van der Waals surface area contributed by atoms with E-state index in [2.05, 4.69) is 35.0 Å². The quantitative estimate of drug-likeness (QED) is 0.416. The summed E-state index contributed by atoms with van der Waals surface area (Å²) in [6.07, 6.45) is 1.08. The minimum absolute atomic E-state index is 0.265. The molecule has 0 aliphatic carbocycles. The van der Waals surface area contributed by atoms with Crippen molar-refractivity contribution in [2.75, 3.05) is 33.7 Å². The number of carbonyl (C=O) groups is 1. The zero-order chi connectivity index (χ0) is 12.1. The SMILES string of the molecule is CCN=C=NCCCN(C)C.O=C(O)[SiH3]. The molecule has 88 valence electrons. The molecule has 0 saturated carbocycles. The van der Waals surface area contributed by atoms with Gasteiger partial charge in [-0.2, -0.15) is 0 Å². The fourth-order valence-corrected chi connectivity index (χ4v) is 0.637. The maximum Gasteiger partial charge on any atom is 0.257 e. The van der Waals surface area contributed by atoms with Gasteiger partial charge in [0, 0.05) is 6.54 Å². The Kier molecular flexibility index (Phi) is 14.3. The van der Waals surface area contributed by atoms with Crippen molar-refractivity contribution in [3.8, 4) is 0 Å². The molecule has 0 fully saturated rings. The largest absolute Gasteiger partial charge is 0.486 e. The van der Waals surface area contributed by atoms with E-state index < -0.39 is 5.59 Å². The Balaban J connectivity index is 0. The van der Waals surface area contributed by atoms with Crippen LogP contribution in [0.3, 0.4) is 0 Å². The van der Waals surface area contributed by atoms with Crippen LogP contribution in [0.15, 0.2) is 9.98 Å². The Bertz CT molecular complexity index is 209. The van der Waals surface area contributed by atoms with Crippen molar-refractivity contribution in [2.45, 2.75) is 13.3 Å². The molecule has 0 aromatic rings. The fraction of sp³-hybridized carbons (Fsp3) is 0.778. The first-order valence-corrected chi connectivity index (χ1v) is 5.93. The second-order valence-electron chi connectivity index (χ2n) is 3.13. The van der Waals surface area contributed by atoms with E-state index in [0.29, 0.717) is 0 Å². The number of rotatable bonds is 5. The van der Waals surface area contributed by atoms with Gasteiger partial charge in [0.2, 0.25) is 0 Å². The molecule has 0 unspecified atom stereocenters. The van der Waals surface area contributed by atoms with E-state index in [9.17, 15) is 0 Å². The summed E-state index contributed by atoms with van der Waals surface area (Å²) >= 11 is 0. The van der Waals surface area contributed by atoms with Gasteiger partial charge in [-0.25, -0.2) is 9.98 Å². The molecule has 0 amide bonds. The number of hydrogen-bond donors (Lipinski definition) is 1. The van der Waals surface area contributed by atoms with Crippen LogP contribution in [0.4, 0.5) is 4.79 Å². The Morgan fingerprint density at radius 3 is 2.40 bits per heavy atom. The third-order valence-electron chi connectivity index (χ3n) is 1.17. The summed E-state index contributed by atoms with van der Waals surface area (Å²) in [5.41, 5.74) is -0.694. The monoisotopic (exact) mass is 231 g/mol. The van der Waals surface area contributed by atoms with Crippen LogP contribution in [-0.2, 0) is 0 Å². The molecule has 0 heterocycles. The highest BCUT2D eigenvalue weighted by Crippen LogP contribution is 1.82. The topological polar surface area (TPSA) is 65.3 Å². The van der Waals surface area contributed by atoms with Crippen LogP contribution in [0.2, 0.25) is 0 Å². The highest BCUT2D eigenvalue weighted by molar-refractivity contribution is 6.54. The third-order valence-corrected chi connectivity index (χ3v) is 1.17. The summed E-state index contributed by atoms with van der Waals surface area (Å²) in [5, 5.41) is 7.48. The average molecular weight is 231 g/mol. The normalized spacial score (nSPS) is 8.80. The predicted molar refractivity (Wildman–Crippen MR) is 66.4 cm³/mol. The van der Waals surface area contributed by atoms with Gasteiger partial charge in [-0.15, -0.1) is 0 Å². The van der Waals surface area contributed by atoms with Crippen LogP contribution in [0.25, 0.3) is 0 Å². The van der Waals surface area contributed by atoms with Gasteiger partial charge in [0.05, 0.1) is 12.6 Å². The Morgan fingerprint density at radius 2 is 2.00 bits per heavy atom. The molecule has 15 heavy (non-hydrogen) atoms. The molecule has 0 spiro atoms. The van der Waals surface area contributed by atoms with Gasteiger partial charge in [0.1, 0.15) is 10.2 Å². The van der Waals surface area contributed by atoms with Crippen LogP contribution in [0.1, 0.15) is 13.3 Å². The lowest BCUT2D eigenvalue weighted by Gasteiger charge is -2.05. The molecule has 0 saturated heterocycles. The second-order valence-corrected chi connectivity index (χ2v) is 3.99. The fourth-order valence-electron chi connectivity index (χ4n) is 0.637. The van der Waals surface area contributed by atoms with Crippen molar-refractivity contribution in [2.24, 2.45) is 9.98 Å². The van der Waals surface area contributed by atoms with E-state index in [4.69, 9.17) is 9.90 Å². The molecular formula is C9H21N3O2Si. The zero-order valence-corrected chi connectivity index (χ0v) is 12.0. The number of carboxylic acid groups (broad SMARTS) is 1. The smallest absolute Gasteiger partial charge is 0.257 e. The van der Waals surface area contributed by atoms with E-state index in [1.807, 2.05) is 6.92 Å². The molecule has 0 aliphatic heterocycles. The van der Waals surface area contributed by atoms with E-state index >= 15 is 0 Å².